The number of nitrogens with one attached hydrogen (secondary N) is 1. The lowest BCUT2D eigenvalue weighted by molar-refractivity contribution is 0.0625. The molecule has 3 atom stereocenters. The first kappa shape index (κ1) is 15.1. The van der Waals surface area contributed by atoms with Gasteiger partial charge < -0.3 is 4.52 Å². The van der Waals surface area contributed by atoms with E-state index < -0.39 is 7.67 Å². The number of rotatable bonds is 5. The van der Waals surface area contributed by atoms with E-state index >= 15 is 0 Å². The van der Waals surface area contributed by atoms with Gasteiger partial charge in [-0.3, -0.25) is 4.57 Å². The highest BCUT2D eigenvalue weighted by molar-refractivity contribution is 7.54. The van der Waals surface area contributed by atoms with E-state index in [2.05, 4.69) is 5.09 Å². The summed E-state index contributed by atoms with van der Waals surface area (Å²) >= 11 is 11.5. The minimum Gasteiger partial charge on any atom is -0.302 e. The maximum absolute atomic E-state index is 12.8. The number of nitrogens with zero attached hydrogens (tertiary/aromatic N) is 1. The normalized spacial score (nSPS) is 36.6. The van der Waals surface area contributed by atoms with E-state index in [1.807, 2.05) is 0 Å². The van der Waals surface area contributed by atoms with Crippen LogP contribution in [-0.2, 0) is 9.09 Å². The Balaban J connectivity index is 2.03. The first-order valence-electron chi connectivity index (χ1n) is 6.60. The number of hydrogen-bond acceptors (Lipinski definition) is 2. The number of fused-ring (bicyclic) bond motifs is 1. The zero-order chi connectivity index (χ0) is 13.0. The maximum atomic E-state index is 12.8. The molecule has 1 saturated carbocycles. The third-order valence-electron chi connectivity index (χ3n) is 3.73. The maximum Gasteiger partial charge on any atom is 0.343 e. The molecule has 2 fully saturated rings. The van der Waals surface area contributed by atoms with E-state index in [1.165, 1.54) is 19.3 Å². The van der Waals surface area contributed by atoms with E-state index in [1.54, 1.807) is 4.67 Å². The van der Waals surface area contributed by atoms with Crippen LogP contribution in [0.2, 0.25) is 0 Å². The monoisotopic (exact) mass is 314 g/mol. The summed E-state index contributed by atoms with van der Waals surface area (Å²) in [7, 11) is -2.93. The van der Waals surface area contributed by atoms with Gasteiger partial charge in [0.1, 0.15) is 0 Å². The second kappa shape index (κ2) is 6.92. The van der Waals surface area contributed by atoms with E-state index in [0.29, 0.717) is 30.8 Å². The molecule has 1 aliphatic carbocycles. The van der Waals surface area contributed by atoms with Crippen LogP contribution in [0.25, 0.3) is 0 Å². The van der Waals surface area contributed by atoms with Crippen LogP contribution in [0.15, 0.2) is 0 Å². The molecular weight excluding hydrogens is 294 g/mol. The molecule has 18 heavy (non-hydrogen) atoms. The predicted molar refractivity (Wildman–Crippen MR) is 75.5 cm³/mol. The van der Waals surface area contributed by atoms with Gasteiger partial charge in [-0.15, -0.1) is 23.2 Å². The Bertz CT molecular complexity index is 313. The van der Waals surface area contributed by atoms with Crippen LogP contribution in [0.1, 0.15) is 25.7 Å². The fourth-order valence-electron chi connectivity index (χ4n) is 2.74. The second-order valence-corrected chi connectivity index (χ2v) is 7.79. The van der Waals surface area contributed by atoms with Crippen molar-refractivity contribution < 1.29 is 9.09 Å². The third kappa shape index (κ3) is 3.41. The van der Waals surface area contributed by atoms with Gasteiger partial charge in [0.2, 0.25) is 0 Å². The molecule has 0 aromatic rings. The molecule has 7 heteroatoms. The molecule has 0 spiro atoms. The predicted octanol–water partition coefficient (Wildman–Crippen LogP) is 3.05. The van der Waals surface area contributed by atoms with Gasteiger partial charge in [-0.05, 0) is 18.8 Å². The number of hydrogen-bond donors (Lipinski definition) is 1. The molecule has 2 aliphatic rings. The summed E-state index contributed by atoms with van der Waals surface area (Å²) in [5.41, 5.74) is 0. The lowest BCUT2D eigenvalue weighted by atomic mass is 9.87. The van der Waals surface area contributed by atoms with Crippen molar-refractivity contribution in [2.24, 2.45) is 5.92 Å². The molecule has 1 N–H and O–H groups in total. The molecular formula is C11H21Cl2N2O2P. The smallest absolute Gasteiger partial charge is 0.302 e. The van der Waals surface area contributed by atoms with E-state index in [0.717, 1.165) is 13.0 Å². The highest BCUT2D eigenvalue weighted by atomic mass is 35.5. The Morgan fingerprint density at radius 3 is 2.56 bits per heavy atom. The van der Waals surface area contributed by atoms with Crippen molar-refractivity contribution in [2.75, 3.05) is 31.4 Å². The molecule has 0 aromatic carbocycles. The summed E-state index contributed by atoms with van der Waals surface area (Å²) in [5.74, 6) is 1.37. The Kier molecular flexibility index (Phi) is 5.80. The number of halogens is 2. The van der Waals surface area contributed by atoms with Crippen LogP contribution >= 0.6 is 30.9 Å². The molecule has 1 saturated heterocycles. The van der Waals surface area contributed by atoms with Crippen molar-refractivity contribution in [2.45, 2.75) is 31.8 Å². The quantitative estimate of drug-likeness (QED) is 0.625. The molecule has 0 aromatic heterocycles. The lowest BCUT2D eigenvalue weighted by Gasteiger charge is -2.42. The van der Waals surface area contributed by atoms with E-state index in [9.17, 15) is 4.57 Å². The summed E-state index contributed by atoms with van der Waals surface area (Å²) in [6, 6.07) is 0. The zero-order valence-electron chi connectivity index (χ0n) is 10.5. The van der Waals surface area contributed by atoms with Crippen LogP contribution in [0.3, 0.4) is 0 Å². The van der Waals surface area contributed by atoms with Gasteiger partial charge in [-0.25, -0.2) is 9.76 Å². The first-order chi connectivity index (χ1) is 8.69. The van der Waals surface area contributed by atoms with Crippen molar-refractivity contribution in [3.8, 4) is 0 Å². The van der Waals surface area contributed by atoms with Crippen molar-refractivity contribution in [3.05, 3.63) is 0 Å². The largest absolute Gasteiger partial charge is 0.343 e. The highest BCUT2D eigenvalue weighted by Crippen LogP contribution is 2.53. The Labute approximate surface area is 119 Å². The van der Waals surface area contributed by atoms with Gasteiger partial charge in [0, 0.05) is 31.4 Å². The van der Waals surface area contributed by atoms with Gasteiger partial charge in [0.05, 0.1) is 6.10 Å². The molecule has 2 rings (SSSR count). The fourth-order valence-corrected chi connectivity index (χ4v) is 5.62. The van der Waals surface area contributed by atoms with Gasteiger partial charge in [-0.1, -0.05) is 12.8 Å². The van der Waals surface area contributed by atoms with Gasteiger partial charge in [-0.2, -0.15) is 0 Å². The summed E-state index contributed by atoms with van der Waals surface area (Å²) in [5, 5.41) is 3.11. The highest BCUT2D eigenvalue weighted by Gasteiger charge is 2.42. The molecule has 106 valence electrons. The van der Waals surface area contributed by atoms with Crippen LogP contribution < -0.4 is 5.09 Å². The molecule has 0 unspecified atom stereocenters. The average molecular weight is 315 g/mol. The van der Waals surface area contributed by atoms with Gasteiger partial charge >= 0.3 is 7.67 Å². The summed E-state index contributed by atoms with van der Waals surface area (Å²) in [6.07, 6.45) is 4.75. The molecule has 4 nitrogen and oxygen atoms in total. The Morgan fingerprint density at radius 2 is 1.89 bits per heavy atom. The summed E-state index contributed by atoms with van der Waals surface area (Å²) in [6.45, 7) is 1.86. The number of alkyl halides is 2. The summed E-state index contributed by atoms with van der Waals surface area (Å²) in [4.78, 5) is 0. The summed E-state index contributed by atoms with van der Waals surface area (Å²) < 4.78 is 20.5. The average Bonchev–Trinajstić information content (AvgIpc) is 2.38. The van der Waals surface area contributed by atoms with E-state index in [4.69, 9.17) is 27.7 Å². The van der Waals surface area contributed by atoms with E-state index in [-0.39, 0.29) is 6.10 Å². The Hall–Kier alpha value is 0.690. The van der Waals surface area contributed by atoms with Crippen molar-refractivity contribution in [3.63, 3.8) is 0 Å². The Morgan fingerprint density at radius 1 is 1.22 bits per heavy atom. The van der Waals surface area contributed by atoms with Crippen LogP contribution in [0.5, 0.6) is 0 Å². The minimum absolute atomic E-state index is 0.138. The zero-order valence-corrected chi connectivity index (χ0v) is 12.9. The first-order valence-corrected chi connectivity index (χ1v) is 9.25. The minimum atomic E-state index is -2.93. The molecule has 0 bridgehead atoms. The second-order valence-electron chi connectivity index (χ2n) is 4.90. The van der Waals surface area contributed by atoms with Gasteiger partial charge in [0.25, 0.3) is 0 Å². The molecule has 0 amide bonds. The van der Waals surface area contributed by atoms with Crippen molar-refractivity contribution >= 4 is 30.9 Å². The topological polar surface area (TPSA) is 41.6 Å². The lowest BCUT2D eigenvalue weighted by Crippen LogP contribution is -2.45. The van der Waals surface area contributed by atoms with Crippen molar-refractivity contribution in [1.82, 2.24) is 9.76 Å². The van der Waals surface area contributed by atoms with Crippen LogP contribution in [0, 0.1) is 5.92 Å². The molecule has 0 radical (unpaired) electrons. The van der Waals surface area contributed by atoms with Crippen molar-refractivity contribution in [1.29, 1.82) is 0 Å². The van der Waals surface area contributed by atoms with Crippen LogP contribution in [-0.4, -0.2) is 42.2 Å². The standard InChI is InChI=1S/C11H21Cl2N2O2P/c12-5-7-15(8-6-13)18(16)14-9-10-3-1-2-4-11(10)17-18/h10-11H,1-9H2,(H,14,16)/t10-,11+,18-/m1/s1. The molecule has 1 aliphatic heterocycles. The SMILES string of the molecule is O=[P@]1(N(CCCl)CCCl)NC[C@H]2CCCC[C@@H]2O1. The fraction of sp³-hybridized carbons (Fsp3) is 1.00. The van der Waals surface area contributed by atoms with Gasteiger partial charge in [0.15, 0.2) is 0 Å². The third-order valence-corrected chi connectivity index (χ3v) is 6.35. The molecule has 1 heterocycles. The van der Waals surface area contributed by atoms with Crippen LogP contribution in [0.4, 0.5) is 0 Å².